The summed E-state index contributed by atoms with van der Waals surface area (Å²) in [7, 11) is 0. The van der Waals surface area contributed by atoms with E-state index < -0.39 is 0 Å². The number of unbranched alkanes of at least 4 members (excludes halogenated alkanes) is 3. The third-order valence-electron chi connectivity index (χ3n) is 5.62. The number of rotatable bonds is 11. The number of hydrogen-bond donors (Lipinski definition) is 0. The highest BCUT2D eigenvalue weighted by Crippen LogP contribution is 2.24. The number of Topliss-reactive ketones (excluding diaryl/α,β-unsaturated/α-hetero) is 1. The molecule has 0 aromatic heterocycles. The molecule has 3 aromatic carbocycles. The molecule has 3 rings (SSSR count). The number of esters is 1. The van der Waals surface area contributed by atoms with Gasteiger partial charge < -0.3 is 4.74 Å². The first-order valence-electron chi connectivity index (χ1n) is 11.7. The number of ketones is 1. The fraction of sp³-hybridized carbons (Fsp3) is 0.310. The highest BCUT2D eigenvalue weighted by molar-refractivity contribution is 5.96. The van der Waals surface area contributed by atoms with Crippen LogP contribution in [-0.4, -0.2) is 11.8 Å². The van der Waals surface area contributed by atoms with Crippen molar-refractivity contribution in [1.82, 2.24) is 0 Å². The molecule has 0 aliphatic carbocycles. The lowest BCUT2D eigenvalue weighted by Gasteiger charge is -2.08. The molecule has 0 aliphatic rings. The van der Waals surface area contributed by atoms with Crippen molar-refractivity contribution >= 4 is 11.8 Å². The number of benzene rings is 3. The lowest BCUT2D eigenvalue weighted by atomic mass is 10.0. The second kappa shape index (κ2) is 12.0. The Morgan fingerprint density at radius 2 is 1.22 bits per heavy atom. The average Bonchev–Trinajstić information content (AvgIpc) is 2.83. The van der Waals surface area contributed by atoms with E-state index in [0.29, 0.717) is 17.7 Å². The minimum atomic E-state index is -0.354. The molecule has 3 nitrogen and oxygen atoms in total. The van der Waals surface area contributed by atoms with Crippen LogP contribution in [0.5, 0.6) is 5.75 Å². The predicted octanol–water partition coefficient (Wildman–Crippen LogP) is 7.68. The molecule has 0 atom stereocenters. The zero-order valence-corrected chi connectivity index (χ0v) is 19.1. The molecule has 0 N–H and O–H groups in total. The van der Waals surface area contributed by atoms with Crippen molar-refractivity contribution < 1.29 is 14.3 Å². The van der Waals surface area contributed by atoms with Crippen LogP contribution in [0.4, 0.5) is 0 Å². The number of hydrogen-bond acceptors (Lipinski definition) is 3. The van der Waals surface area contributed by atoms with E-state index in [4.69, 9.17) is 4.74 Å². The van der Waals surface area contributed by atoms with Gasteiger partial charge in [0.1, 0.15) is 5.75 Å². The van der Waals surface area contributed by atoms with Gasteiger partial charge in [0.2, 0.25) is 0 Å². The molecule has 0 fully saturated rings. The van der Waals surface area contributed by atoms with Crippen molar-refractivity contribution in [3.05, 3.63) is 89.5 Å². The van der Waals surface area contributed by atoms with Gasteiger partial charge in [0, 0.05) is 12.0 Å². The zero-order valence-electron chi connectivity index (χ0n) is 19.1. The fourth-order valence-corrected chi connectivity index (χ4v) is 3.60. The second-order valence-electron chi connectivity index (χ2n) is 8.17. The van der Waals surface area contributed by atoms with E-state index in [1.165, 1.54) is 24.8 Å². The summed E-state index contributed by atoms with van der Waals surface area (Å²) in [5.41, 5.74) is 4.58. The van der Waals surface area contributed by atoms with Crippen LogP contribution in [0.1, 0.15) is 78.7 Å². The smallest absolute Gasteiger partial charge is 0.343 e. The molecule has 0 radical (unpaired) electrons. The Bertz CT molecular complexity index is 1000. The predicted molar refractivity (Wildman–Crippen MR) is 130 cm³/mol. The van der Waals surface area contributed by atoms with Crippen LogP contribution in [0.2, 0.25) is 0 Å². The summed E-state index contributed by atoms with van der Waals surface area (Å²) in [4.78, 5) is 24.6. The Hall–Kier alpha value is -3.20. The summed E-state index contributed by atoms with van der Waals surface area (Å²) in [5.74, 6) is 0.347. The quantitative estimate of drug-likeness (QED) is 0.136. The van der Waals surface area contributed by atoms with E-state index in [2.05, 4.69) is 13.8 Å². The normalized spacial score (nSPS) is 10.7. The second-order valence-corrected chi connectivity index (χ2v) is 8.17. The molecular formula is C29H32O3. The maximum Gasteiger partial charge on any atom is 0.343 e. The Kier molecular flexibility index (Phi) is 8.79. The lowest BCUT2D eigenvalue weighted by molar-refractivity contribution is 0.0734. The molecule has 0 unspecified atom stereocenters. The molecule has 3 heteroatoms. The first kappa shape index (κ1) is 23.5. The van der Waals surface area contributed by atoms with Crippen LogP contribution in [0.3, 0.4) is 0 Å². The van der Waals surface area contributed by atoms with Crippen LogP contribution < -0.4 is 4.74 Å². The molecule has 0 aliphatic heterocycles. The minimum absolute atomic E-state index is 0.189. The van der Waals surface area contributed by atoms with Crippen molar-refractivity contribution in [2.75, 3.05) is 0 Å². The summed E-state index contributed by atoms with van der Waals surface area (Å²) >= 11 is 0. The molecule has 0 saturated heterocycles. The summed E-state index contributed by atoms with van der Waals surface area (Å²) in [6, 6.07) is 22.8. The van der Waals surface area contributed by atoms with Gasteiger partial charge >= 0.3 is 5.97 Å². The molecule has 3 aromatic rings. The van der Waals surface area contributed by atoms with Crippen LogP contribution in [0, 0.1) is 0 Å². The summed E-state index contributed by atoms with van der Waals surface area (Å²) < 4.78 is 5.53. The van der Waals surface area contributed by atoms with Gasteiger partial charge in [-0.25, -0.2) is 4.79 Å². The van der Waals surface area contributed by atoms with E-state index in [1.54, 1.807) is 12.1 Å². The average molecular weight is 429 g/mol. The largest absolute Gasteiger partial charge is 0.423 e. The van der Waals surface area contributed by atoms with Crippen molar-refractivity contribution in [3.8, 4) is 16.9 Å². The van der Waals surface area contributed by atoms with Crippen LogP contribution in [0.15, 0.2) is 72.8 Å². The van der Waals surface area contributed by atoms with E-state index in [0.717, 1.165) is 36.0 Å². The third kappa shape index (κ3) is 6.65. The Labute approximate surface area is 191 Å². The van der Waals surface area contributed by atoms with Crippen LogP contribution in [-0.2, 0) is 6.42 Å². The minimum Gasteiger partial charge on any atom is -0.423 e. The Morgan fingerprint density at radius 3 is 1.81 bits per heavy atom. The summed E-state index contributed by atoms with van der Waals surface area (Å²) in [6.45, 7) is 4.28. The van der Waals surface area contributed by atoms with Gasteiger partial charge in [-0.1, -0.05) is 81.6 Å². The molecule has 0 saturated carbocycles. The Balaban J connectivity index is 1.58. The van der Waals surface area contributed by atoms with Crippen LogP contribution >= 0.6 is 0 Å². The topological polar surface area (TPSA) is 43.4 Å². The van der Waals surface area contributed by atoms with Gasteiger partial charge in [0.05, 0.1) is 5.56 Å². The Morgan fingerprint density at radius 1 is 0.656 bits per heavy atom. The zero-order chi connectivity index (χ0) is 22.8. The van der Waals surface area contributed by atoms with Gasteiger partial charge in [-0.2, -0.15) is 0 Å². The van der Waals surface area contributed by atoms with Gasteiger partial charge in [-0.15, -0.1) is 0 Å². The first-order valence-corrected chi connectivity index (χ1v) is 11.7. The highest BCUT2D eigenvalue weighted by atomic mass is 16.5. The van der Waals surface area contributed by atoms with Crippen molar-refractivity contribution in [2.45, 2.75) is 58.8 Å². The lowest BCUT2D eigenvalue weighted by Crippen LogP contribution is -2.08. The van der Waals surface area contributed by atoms with Gasteiger partial charge in [0.25, 0.3) is 0 Å². The monoisotopic (exact) mass is 428 g/mol. The van der Waals surface area contributed by atoms with Gasteiger partial charge in [-0.05, 0) is 60.2 Å². The fourth-order valence-electron chi connectivity index (χ4n) is 3.60. The van der Waals surface area contributed by atoms with E-state index in [9.17, 15) is 9.59 Å². The maximum absolute atomic E-state index is 12.5. The molecular weight excluding hydrogens is 396 g/mol. The number of aryl methyl sites for hydroxylation is 1. The molecule has 0 heterocycles. The van der Waals surface area contributed by atoms with Crippen molar-refractivity contribution in [1.29, 1.82) is 0 Å². The van der Waals surface area contributed by atoms with Gasteiger partial charge in [0.15, 0.2) is 5.78 Å². The SMILES string of the molecule is CCCCCc1ccc(C(=O)Oc2ccc(-c3ccc(C(=O)CCCC)cc3)cc2)cc1. The highest BCUT2D eigenvalue weighted by Gasteiger charge is 2.10. The standard InChI is InChI=1S/C29H32O3/c1-3-5-7-8-22-10-12-26(13-11-22)29(31)32-27-20-18-24(19-21-27)23-14-16-25(17-15-23)28(30)9-6-4-2/h10-21H,3-9H2,1-2H3. The molecule has 0 amide bonds. The number of ether oxygens (including phenoxy) is 1. The van der Waals surface area contributed by atoms with Crippen molar-refractivity contribution in [3.63, 3.8) is 0 Å². The van der Waals surface area contributed by atoms with E-state index >= 15 is 0 Å². The summed E-state index contributed by atoms with van der Waals surface area (Å²) in [5, 5.41) is 0. The third-order valence-corrected chi connectivity index (χ3v) is 5.62. The molecule has 166 valence electrons. The molecule has 0 bridgehead atoms. The number of carbonyl (C=O) groups is 2. The first-order chi connectivity index (χ1) is 15.6. The van der Waals surface area contributed by atoms with E-state index in [1.807, 2.05) is 60.7 Å². The maximum atomic E-state index is 12.5. The number of carbonyl (C=O) groups excluding carboxylic acids is 2. The van der Waals surface area contributed by atoms with Crippen molar-refractivity contribution in [2.24, 2.45) is 0 Å². The molecule has 32 heavy (non-hydrogen) atoms. The van der Waals surface area contributed by atoms with Gasteiger partial charge in [-0.3, -0.25) is 4.79 Å². The van der Waals surface area contributed by atoms with Crippen LogP contribution in [0.25, 0.3) is 11.1 Å². The molecule has 0 spiro atoms. The summed E-state index contributed by atoms with van der Waals surface area (Å²) in [6.07, 6.45) is 7.17. The van der Waals surface area contributed by atoms with E-state index in [-0.39, 0.29) is 11.8 Å².